The van der Waals surface area contributed by atoms with E-state index in [0.717, 1.165) is 0 Å². The molecule has 2 N–H and O–H groups in total. The molecule has 0 spiro atoms. The van der Waals surface area contributed by atoms with Gasteiger partial charge in [-0.05, 0) is 0 Å². The summed E-state index contributed by atoms with van der Waals surface area (Å²) in [7, 11) is 0. The van der Waals surface area contributed by atoms with Crippen LogP contribution < -0.4 is 5.32 Å². The van der Waals surface area contributed by atoms with Gasteiger partial charge in [-0.1, -0.05) is 0 Å². The molecular formula is C6H7NO3. The van der Waals surface area contributed by atoms with Gasteiger partial charge in [-0.2, -0.15) is 0 Å². The van der Waals surface area contributed by atoms with E-state index in [2.05, 4.69) is 5.32 Å². The van der Waals surface area contributed by atoms with Crippen LogP contribution in [0, 0.1) is 0 Å². The first-order valence-corrected chi connectivity index (χ1v) is 2.87. The maximum Gasteiger partial charge on any atom is 0.326 e. The number of aliphatic carboxylic acids is 1. The Kier molecular flexibility index (Phi) is 1.71. The van der Waals surface area contributed by atoms with E-state index < -0.39 is 12.0 Å². The Bertz CT molecular complexity index is 197. The topological polar surface area (TPSA) is 66.4 Å². The summed E-state index contributed by atoms with van der Waals surface area (Å²) in [6.45, 7) is 0. The van der Waals surface area contributed by atoms with Crippen molar-refractivity contribution >= 4 is 12.3 Å². The van der Waals surface area contributed by atoms with Crippen molar-refractivity contribution in [3.63, 3.8) is 0 Å². The second-order valence-corrected chi connectivity index (χ2v) is 2.10. The van der Waals surface area contributed by atoms with Crippen LogP contribution in [-0.2, 0) is 9.59 Å². The molecule has 1 aliphatic heterocycles. The number of nitrogens with one attached hydrogen (secondary N) is 1. The monoisotopic (exact) mass is 141 g/mol. The second-order valence-electron chi connectivity index (χ2n) is 2.10. The van der Waals surface area contributed by atoms with Crippen LogP contribution in [0.1, 0.15) is 6.42 Å². The molecule has 0 amide bonds. The largest absolute Gasteiger partial charge is 0.480 e. The first-order valence-electron chi connectivity index (χ1n) is 2.87. The van der Waals surface area contributed by atoms with Crippen molar-refractivity contribution in [2.45, 2.75) is 12.5 Å². The molecular weight excluding hydrogens is 134 g/mol. The van der Waals surface area contributed by atoms with Crippen LogP contribution in [0.25, 0.3) is 0 Å². The summed E-state index contributed by atoms with van der Waals surface area (Å²) in [6, 6.07) is -0.611. The lowest BCUT2D eigenvalue weighted by atomic mass is 10.2. The molecule has 1 atom stereocenters. The maximum absolute atomic E-state index is 10.3. The molecule has 0 radical (unpaired) electrons. The molecule has 1 heterocycles. The van der Waals surface area contributed by atoms with Gasteiger partial charge < -0.3 is 10.4 Å². The lowest BCUT2D eigenvalue weighted by Crippen LogP contribution is -2.28. The zero-order valence-electron chi connectivity index (χ0n) is 5.20. The summed E-state index contributed by atoms with van der Waals surface area (Å²) < 4.78 is 0. The van der Waals surface area contributed by atoms with Crippen molar-refractivity contribution < 1.29 is 14.7 Å². The van der Waals surface area contributed by atoms with Gasteiger partial charge in [0.1, 0.15) is 12.3 Å². The fourth-order valence-electron chi connectivity index (χ4n) is 0.802. The number of hydrogen-bond donors (Lipinski definition) is 2. The standard InChI is InChI=1S/C6H7NO3/c8-3-4-1-5(6(9)10)7-2-4/h2-3,5,7H,1H2,(H,9,10). The van der Waals surface area contributed by atoms with E-state index in [0.29, 0.717) is 18.3 Å². The molecule has 0 bridgehead atoms. The normalized spacial score (nSPS) is 23.2. The molecule has 0 aromatic carbocycles. The highest BCUT2D eigenvalue weighted by atomic mass is 16.4. The zero-order chi connectivity index (χ0) is 7.56. The van der Waals surface area contributed by atoms with Crippen LogP contribution in [0.4, 0.5) is 0 Å². The van der Waals surface area contributed by atoms with Gasteiger partial charge in [0.05, 0.1) is 0 Å². The van der Waals surface area contributed by atoms with Gasteiger partial charge in [0.15, 0.2) is 0 Å². The molecule has 0 fully saturated rings. The summed E-state index contributed by atoms with van der Waals surface area (Å²) >= 11 is 0. The number of carbonyl (C=O) groups is 2. The lowest BCUT2D eigenvalue weighted by Gasteiger charge is -2.01. The van der Waals surface area contributed by atoms with Crippen LogP contribution in [0.5, 0.6) is 0 Å². The van der Waals surface area contributed by atoms with E-state index in [4.69, 9.17) is 5.11 Å². The predicted octanol–water partition coefficient (Wildman–Crippen LogP) is -0.484. The summed E-state index contributed by atoms with van der Waals surface area (Å²) in [5, 5.41) is 11.0. The number of carbonyl (C=O) groups excluding carboxylic acids is 1. The van der Waals surface area contributed by atoms with Crippen molar-refractivity contribution in [2.24, 2.45) is 0 Å². The minimum absolute atomic E-state index is 0.291. The summed E-state index contributed by atoms with van der Waals surface area (Å²) in [5.41, 5.74) is 0.507. The van der Waals surface area contributed by atoms with E-state index in [-0.39, 0.29) is 0 Å². The molecule has 10 heavy (non-hydrogen) atoms. The number of hydrogen-bond acceptors (Lipinski definition) is 3. The maximum atomic E-state index is 10.3. The smallest absolute Gasteiger partial charge is 0.326 e. The van der Waals surface area contributed by atoms with Gasteiger partial charge in [-0.15, -0.1) is 0 Å². The molecule has 1 rings (SSSR count). The average molecular weight is 141 g/mol. The Balaban J connectivity index is 2.51. The summed E-state index contributed by atoms with van der Waals surface area (Å²) in [4.78, 5) is 20.3. The Morgan fingerprint density at radius 2 is 2.60 bits per heavy atom. The van der Waals surface area contributed by atoms with Gasteiger partial charge in [0.2, 0.25) is 0 Å². The molecule has 0 saturated carbocycles. The fourth-order valence-corrected chi connectivity index (χ4v) is 0.802. The van der Waals surface area contributed by atoms with E-state index in [9.17, 15) is 9.59 Å². The molecule has 4 nitrogen and oxygen atoms in total. The van der Waals surface area contributed by atoms with Gasteiger partial charge in [0, 0.05) is 18.2 Å². The summed E-state index contributed by atoms with van der Waals surface area (Å²) in [5.74, 6) is -0.923. The molecule has 0 saturated heterocycles. The first kappa shape index (κ1) is 6.80. The van der Waals surface area contributed by atoms with Crippen molar-refractivity contribution in [1.29, 1.82) is 0 Å². The third-order valence-electron chi connectivity index (χ3n) is 1.36. The van der Waals surface area contributed by atoms with Crippen LogP contribution in [0.3, 0.4) is 0 Å². The molecule has 0 aliphatic carbocycles. The highest BCUT2D eigenvalue weighted by Gasteiger charge is 2.21. The number of aldehydes is 1. The molecule has 1 aliphatic rings. The SMILES string of the molecule is O=CC1=CNC(C(=O)O)C1. The van der Waals surface area contributed by atoms with E-state index in [1.807, 2.05) is 0 Å². The van der Waals surface area contributed by atoms with Crippen LogP contribution >= 0.6 is 0 Å². The minimum atomic E-state index is -0.923. The Morgan fingerprint density at radius 1 is 1.90 bits per heavy atom. The number of carboxylic acid groups (broad SMARTS) is 1. The molecule has 1 unspecified atom stereocenters. The highest BCUT2D eigenvalue weighted by Crippen LogP contribution is 2.08. The van der Waals surface area contributed by atoms with Gasteiger partial charge in [-0.25, -0.2) is 4.79 Å². The predicted molar refractivity (Wildman–Crippen MR) is 33.3 cm³/mol. The molecule has 4 heteroatoms. The number of rotatable bonds is 2. The van der Waals surface area contributed by atoms with Gasteiger partial charge in [0.25, 0.3) is 0 Å². The Labute approximate surface area is 57.5 Å². The van der Waals surface area contributed by atoms with Crippen molar-refractivity contribution in [3.8, 4) is 0 Å². The fraction of sp³-hybridized carbons (Fsp3) is 0.333. The summed E-state index contributed by atoms with van der Waals surface area (Å²) in [6.07, 6.45) is 2.39. The first-order chi connectivity index (χ1) is 4.74. The van der Waals surface area contributed by atoms with Crippen LogP contribution in [-0.4, -0.2) is 23.4 Å². The Morgan fingerprint density at radius 3 is 2.90 bits per heavy atom. The zero-order valence-corrected chi connectivity index (χ0v) is 5.20. The third-order valence-corrected chi connectivity index (χ3v) is 1.36. The minimum Gasteiger partial charge on any atom is -0.480 e. The van der Waals surface area contributed by atoms with Gasteiger partial charge in [-0.3, -0.25) is 4.79 Å². The van der Waals surface area contributed by atoms with Crippen molar-refractivity contribution in [3.05, 3.63) is 11.8 Å². The van der Waals surface area contributed by atoms with Gasteiger partial charge >= 0.3 is 5.97 Å². The third kappa shape index (κ3) is 1.15. The van der Waals surface area contributed by atoms with Crippen LogP contribution in [0.15, 0.2) is 11.8 Å². The average Bonchev–Trinajstić information content (AvgIpc) is 2.34. The highest BCUT2D eigenvalue weighted by molar-refractivity contribution is 5.81. The van der Waals surface area contributed by atoms with E-state index >= 15 is 0 Å². The van der Waals surface area contributed by atoms with E-state index in [1.54, 1.807) is 0 Å². The second kappa shape index (κ2) is 2.51. The van der Waals surface area contributed by atoms with Crippen molar-refractivity contribution in [1.82, 2.24) is 5.32 Å². The number of carboxylic acids is 1. The Hall–Kier alpha value is -1.32. The molecule has 0 aromatic rings. The molecule has 54 valence electrons. The van der Waals surface area contributed by atoms with Crippen molar-refractivity contribution in [2.75, 3.05) is 0 Å². The van der Waals surface area contributed by atoms with E-state index in [1.165, 1.54) is 6.20 Å². The molecule has 0 aromatic heterocycles. The lowest BCUT2D eigenvalue weighted by molar-refractivity contribution is -0.138. The van der Waals surface area contributed by atoms with Crippen LogP contribution in [0.2, 0.25) is 0 Å². The quantitative estimate of drug-likeness (QED) is 0.509.